The number of aryl methyl sites for hydroxylation is 1. The summed E-state index contributed by atoms with van der Waals surface area (Å²) in [5.41, 5.74) is 1.64. The number of carbonyl (C=O) groups excluding carboxylic acids is 1. The molecule has 0 fully saturated rings. The number of imidazole rings is 1. The number of fused-ring (bicyclic) bond motifs is 1. The van der Waals surface area contributed by atoms with Crippen molar-refractivity contribution in [2.24, 2.45) is 7.05 Å². The van der Waals surface area contributed by atoms with E-state index in [9.17, 15) is 18.0 Å². The van der Waals surface area contributed by atoms with Crippen molar-refractivity contribution in [3.63, 3.8) is 0 Å². The first-order valence-electron chi connectivity index (χ1n) is 6.81. The van der Waals surface area contributed by atoms with Gasteiger partial charge in [-0.3, -0.25) is 0 Å². The van der Waals surface area contributed by atoms with E-state index in [0.717, 1.165) is 17.6 Å². The minimum absolute atomic E-state index is 0.102. The van der Waals surface area contributed by atoms with Gasteiger partial charge in [0.25, 0.3) is 0 Å². The van der Waals surface area contributed by atoms with Gasteiger partial charge >= 0.3 is 12.3 Å². The second kappa shape index (κ2) is 5.88. The predicted octanol–water partition coefficient (Wildman–Crippen LogP) is 3.69. The van der Waals surface area contributed by atoms with Gasteiger partial charge in [-0.05, 0) is 36.4 Å². The molecule has 0 aliphatic carbocycles. The van der Waals surface area contributed by atoms with Gasteiger partial charge in [-0.25, -0.2) is 9.78 Å². The number of aromatic nitrogens is 2. The van der Waals surface area contributed by atoms with Crippen LogP contribution < -0.4 is 9.47 Å². The number of nitrogens with zero attached hydrogens (tertiary/aromatic N) is 2. The Balaban J connectivity index is 1.73. The van der Waals surface area contributed by atoms with Gasteiger partial charge in [0.1, 0.15) is 11.5 Å². The molecule has 1 heterocycles. The molecule has 2 aromatic carbocycles. The largest absolute Gasteiger partial charge is 0.573 e. The Bertz CT molecular complexity index is 886. The van der Waals surface area contributed by atoms with Crippen molar-refractivity contribution in [3.8, 4) is 11.5 Å². The molecule has 0 aliphatic rings. The molecule has 0 N–H and O–H groups in total. The summed E-state index contributed by atoms with van der Waals surface area (Å²) in [4.78, 5) is 16.2. The van der Waals surface area contributed by atoms with Crippen LogP contribution in [0.15, 0.2) is 48.8 Å². The normalized spacial score (nSPS) is 11.5. The fourth-order valence-electron chi connectivity index (χ4n) is 2.14. The van der Waals surface area contributed by atoms with Gasteiger partial charge in [0, 0.05) is 13.1 Å². The fourth-order valence-corrected chi connectivity index (χ4v) is 2.14. The van der Waals surface area contributed by atoms with Gasteiger partial charge < -0.3 is 14.0 Å². The summed E-state index contributed by atoms with van der Waals surface area (Å²) in [5.74, 6) is -0.806. The first kappa shape index (κ1) is 15.9. The Kier molecular flexibility index (Phi) is 3.88. The number of alkyl halides is 3. The summed E-state index contributed by atoms with van der Waals surface area (Å²) in [6, 6.07) is 9.46. The van der Waals surface area contributed by atoms with E-state index in [4.69, 9.17) is 4.74 Å². The van der Waals surface area contributed by atoms with E-state index in [-0.39, 0.29) is 5.56 Å². The van der Waals surface area contributed by atoms with Crippen LogP contribution in [0.25, 0.3) is 11.0 Å². The highest BCUT2D eigenvalue weighted by Crippen LogP contribution is 2.24. The summed E-state index contributed by atoms with van der Waals surface area (Å²) in [6.45, 7) is 0. The molecule has 3 rings (SSSR count). The van der Waals surface area contributed by atoms with Crippen molar-refractivity contribution in [1.29, 1.82) is 0 Å². The van der Waals surface area contributed by atoms with Crippen LogP contribution in [0, 0.1) is 0 Å². The molecule has 124 valence electrons. The van der Waals surface area contributed by atoms with E-state index in [0.29, 0.717) is 11.3 Å². The minimum Gasteiger partial charge on any atom is -0.423 e. The fraction of sp³-hybridized carbons (Fsp3) is 0.125. The zero-order valence-corrected chi connectivity index (χ0v) is 12.4. The lowest BCUT2D eigenvalue weighted by Gasteiger charge is -2.09. The molecule has 8 heteroatoms. The Morgan fingerprint density at radius 2 is 1.75 bits per heavy atom. The zero-order chi connectivity index (χ0) is 17.3. The van der Waals surface area contributed by atoms with Gasteiger partial charge in [-0.15, -0.1) is 13.2 Å². The Hall–Kier alpha value is -3.03. The van der Waals surface area contributed by atoms with E-state index in [2.05, 4.69) is 9.72 Å². The van der Waals surface area contributed by atoms with Crippen LogP contribution in [-0.2, 0) is 7.05 Å². The standard InChI is InChI=1S/C16H11F3N2O3/c1-21-9-20-13-8-12(6-7-14(13)21)23-15(22)10-2-4-11(5-3-10)24-16(17,18)19/h2-9H,1H3. The van der Waals surface area contributed by atoms with Crippen LogP contribution in [0.3, 0.4) is 0 Å². The summed E-state index contributed by atoms with van der Waals surface area (Å²) in [5, 5.41) is 0. The third-order valence-electron chi connectivity index (χ3n) is 3.23. The van der Waals surface area contributed by atoms with Gasteiger partial charge in [0.05, 0.1) is 22.9 Å². The van der Waals surface area contributed by atoms with Crippen molar-refractivity contribution >= 4 is 17.0 Å². The molecule has 0 atom stereocenters. The highest BCUT2D eigenvalue weighted by atomic mass is 19.4. The molecule has 3 aromatic rings. The van der Waals surface area contributed by atoms with Crippen LogP contribution in [0.4, 0.5) is 13.2 Å². The second-order valence-corrected chi connectivity index (χ2v) is 4.97. The molecule has 0 amide bonds. The molecule has 0 saturated heterocycles. The monoisotopic (exact) mass is 336 g/mol. The highest BCUT2D eigenvalue weighted by molar-refractivity contribution is 5.91. The summed E-state index contributed by atoms with van der Waals surface area (Å²) >= 11 is 0. The molecule has 0 spiro atoms. The average molecular weight is 336 g/mol. The number of benzene rings is 2. The molecule has 5 nitrogen and oxygen atoms in total. The second-order valence-electron chi connectivity index (χ2n) is 4.97. The first-order chi connectivity index (χ1) is 11.3. The van der Waals surface area contributed by atoms with Crippen LogP contribution in [-0.4, -0.2) is 21.9 Å². The van der Waals surface area contributed by atoms with E-state index >= 15 is 0 Å². The Labute approximate surface area is 134 Å². The molecule has 24 heavy (non-hydrogen) atoms. The minimum atomic E-state index is -4.78. The van der Waals surface area contributed by atoms with Crippen LogP contribution in [0.1, 0.15) is 10.4 Å². The van der Waals surface area contributed by atoms with Crippen molar-refractivity contribution in [2.75, 3.05) is 0 Å². The number of rotatable bonds is 3. The van der Waals surface area contributed by atoms with Gasteiger partial charge in [-0.1, -0.05) is 0 Å². The van der Waals surface area contributed by atoms with Gasteiger partial charge in [-0.2, -0.15) is 0 Å². The molecule has 0 aliphatic heterocycles. The predicted molar refractivity (Wildman–Crippen MR) is 78.8 cm³/mol. The van der Waals surface area contributed by atoms with Gasteiger partial charge in [0.15, 0.2) is 0 Å². The SMILES string of the molecule is Cn1cnc2cc(OC(=O)c3ccc(OC(F)(F)F)cc3)ccc21. The number of hydrogen-bond donors (Lipinski definition) is 0. The van der Waals surface area contributed by atoms with Crippen molar-refractivity contribution < 1.29 is 27.4 Å². The molecular weight excluding hydrogens is 325 g/mol. The number of halogens is 3. The van der Waals surface area contributed by atoms with Crippen molar-refractivity contribution in [3.05, 3.63) is 54.4 Å². The Morgan fingerprint density at radius 1 is 1.08 bits per heavy atom. The number of ether oxygens (including phenoxy) is 2. The lowest BCUT2D eigenvalue weighted by molar-refractivity contribution is -0.274. The number of carbonyl (C=O) groups is 1. The van der Waals surface area contributed by atoms with E-state index in [1.54, 1.807) is 24.5 Å². The maximum absolute atomic E-state index is 12.1. The topological polar surface area (TPSA) is 53.4 Å². The lowest BCUT2D eigenvalue weighted by Crippen LogP contribution is -2.17. The maximum atomic E-state index is 12.1. The lowest BCUT2D eigenvalue weighted by atomic mass is 10.2. The molecular formula is C16H11F3N2O3. The Morgan fingerprint density at radius 3 is 2.42 bits per heavy atom. The molecule has 0 bridgehead atoms. The first-order valence-corrected chi connectivity index (χ1v) is 6.81. The molecule has 0 radical (unpaired) electrons. The van der Waals surface area contributed by atoms with Crippen molar-refractivity contribution in [2.45, 2.75) is 6.36 Å². The summed E-state index contributed by atoms with van der Waals surface area (Å²) < 4.78 is 47.1. The molecule has 0 unspecified atom stereocenters. The number of esters is 1. The summed E-state index contributed by atoms with van der Waals surface area (Å²) in [6.07, 6.45) is -3.14. The van der Waals surface area contributed by atoms with E-state index < -0.39 is 18.1 Å². The van der Waals surface area contributed by atoms with Crippen LogP contribution in [0.5, 0.6) is 11.5 Å². The van der Waals surface area contributed by atoms with Gasteiger partial charge in [0.2, 0.25) is 0 Å². The van der Waals surface area contributed by atoms with E-state index in [1.165, 1.54) is 12.1 Å². The van der Waals surface area contributed by atoms with Crippen LogP contribution >= 0.6 is 0 Å². The van der Waals surface area contributed by atoms with E-state index in [1.807, 2.05) is 11.6 Å². The zero-order valence-electron chi connectivity index (χ0n) is 12.4. The van der Waals surface area contributed by atoms with Crippen molar-refractivity contribution in [1.82, 2.24) is 9.55 Å². The summed E-state index contributed by atoms with van der Waals surface area (Å²) in [7, 11) is 1.84. The van der Waals surface area contributed by atoms with Crippen LogP contribution in [0.2, 0.25) is 0 Å². The third-order valence-corrected chi connectivity index (χ3v) is 3.23. The molecule has 1 aromatic heterocycles. The average Bonchev–Trinajstić information content (AvgIpc) is 2.87. The smallest absolute Gasteiger partial charge is 0.423 e. The third kappa shape index (κ3) is 3.48. The maximum Gasteiger partial charge on any atom is 0.573 e. The number of hydrogen-bond acceptors (Lipinski definition) is 4. The molecule has 0 saturated carbocycles. The quantitative estimate of drug-likeness (QED) is 0.541. The highest BCUT2D eigenvalue weighted by Gasteiger charge is 2.31.